The fourth-order valence-corrected chi connectivity index (χ4v) is 15.0. The Bertz CT molecular complexity index is 2130. The van der Waals surface area contributed by atoms with Crippen LogP contribution in [0.3, 0.4) is 0 Å². The minimum Gasteiger partial charge on any atom is -0.462 e. The standard InChI is InChI=1S/C45H59FN6O3Si/c1-28(2)56(29(3)4,30(5)6)23-21-32-15-11-14-31-16-12-18-36(38(31)32)40-39(46)41-37(24-47-40)42(49-43(48-41)54-27-35-17-13-22-50(35)10)51-25-33-19-20-34(26-51)52(33)44(53)55-45(7,8)9/h11-12,14-16,18,24,28-30,33-35H,13,17,19-20,22,25-27H2,1-10H3/t33?,34?,35-/m0/s1. The van der Waals surface area contributed by atoms with E-state index in [0.29, 0.717) is 53.1 Å². The van der Waals surface area contributed by atoms with Crippen molar-refractivity contribution in [3.63, 3.8) is 0 Å². The Morgan fingerprint density at radius 1 is 0.964 bits per heavy atom. The number of ether oxygens (including phenoxy) is 2. The van der Waals surface area contributed by atoms with Gasteiger partial charge in [-0.15, -0.1) is 5.54 Å². The van der Waals surface area contributed by atoms with Crippen LogP contribution >= 0.6 is 0 Å². The molecule has 0 saturated carbocycles. The van der Waals surface area contributed by atoms with E-state index in [1.807, 2.05) is 43.9 Å². The topological polar surface area (TPSA) is 83.9 Å². The van der Waals surface area contributed by atoms with Gasteiger partial charge in [-0.1, -0.05) is 77.8 Å². The highest BCUT2D eigenvalue weighted by atomic mass is 28.3. The molecule has 2 bridgehead atoms. The Kier molecular flexibility index (Phi) is 11.1. The zero-order chi connectivity index (χ0) is 40.1. The lowest BCUT2D eigenvalue weighted by molar-refractivity contribution is 0.0122. The second-order valence-corrected chi connectivity index (χ2v) is 23.7. The van der Waals surface area contributed by atoms with Gasteiger partial charge in [-0.25, -0.2) is 9.18 Å². The summed E-state index contributed by atoms with van der Waals surface area (Å²) in [5, 5.41) is 2.38. The maximum Gasteiger partial charge on any atom is 0.410 e. The quantitative estimate of drug-likeness (QED) is 0.129. The third-order valence-electron chi connectivity index (χ3n) is 12.5. The van der Waals surface area contributed by atoms with Gasteiger partial charge in [0.1, 0.15) is 37.3 Å². The normalized spacial score (nSPS) is 20.4. The van der Waals surface area contributed by atoms with Gasteiger partial charge in [-0.2, -0.15) is 9.97 Å². The average Bonchev–Trinajstić information content (AvgIpc) is 3.67. The maximum atomic E-state index is 17.4. The summed E-state index contributed by atoms with van der Waals surface area (Å²) in [5.74, 6) is 3.71. The first-order chi connectivity index (χ1) is 26.6. The van der Waals surface area contributed by atoms with Crippen molar-refractivity contribution in [3.8, 4) is 28.7 Å². The SMILES string of the molecule is CC(C)[Si](C#Cc1cccc2cccc(-c3ncc4c(N5CC6CCC(C5)N6C(=O)OC(C)(C)C)nc(OC[C@@H]5CCCN5C)nc4c3F)c12)(C(C)C)C(C)C. The summed E-state index contributed by atoms with van der Waals surface area (Å²) in [6.45, 7) is 22.1. The number of hydrogen-bond acceptors (Lipinski definition) is 8. The van der Waals surface area contributed by atoms with Gasteiger partial charge in [-0.3, -0.25) is 9.88 Å². The lowest BCUT2D eigenvalue weighted by Crippen LogP contribution is -2.57. The van der Waals surface area contributed by atoms with Crippen LogP contribution in [0.5, 0.6) is 6.01 Å². The molecule has 3 atom stereocenters. The molecule has 3 fully saturated rings. The number of likely N-dealkylation sites (N-methyl/N-ethyl adjacent to an activating group) is 1. The molecule has 4 aromatic rings. The molecule has 9 nitrogen and oxygen atoms in total. The number of hydrogen-bond donors (Lipinski definition) is 0. The van der Waals surface area contributed by atoms with Crippen LogP contribution in [0.15, 0.2) is 42.6 Å². The first-order valence-corrected chi connectivity index (χ1v) is 22.8. The van der Waals surface area contributed by atoms with Crippen molar-refractivity contribution in [2.75, 3.05) is 38.2 Å². The Morgan fingerprint density at radius 3 is 2.23 bits per heavy atom. The van der Waals surface area contributed by atoms with Gasteiger partial charge in [0.05, 0.1) is 17.5 Å². The molecule has 3 aliphatic heterocycles. The van der Waals surface area contributed by atoms with E-state index in [2.05, 4.69) is 88.1 Å². The molecule has 0 spiro atoms. The molecule has 0 radical (unpaired) electrons. The molecule has 7 rings (SSSR count). The molecule has 3 saturated heterocycles. The number of anilines is 1. The summed E-state index contributed by atoms with van der Waals surface area (Å²) in [7, 11) is 0.0638. The van der Waals surface area contributed by atoms with Crippen molar-refractivity contribution in [1.29, 1.82) is 0 Å². The highest BCUT2D eigenvalue weighted by Crippen LogP contribution is 2.42. The van der Waals surface area contributed by atoms with Crippen LogP contribution in [0.25, 0.3) is 32.9 Å². The van der Waals surface area contributed by atoms with Crippen molar-refractivity contribution >= 4 is 41.7 Å². The van der Waals surface area contributed by atoms with Crippen LogP contribution in [0.1, 0.15) is 93.6 Å². The smallest absolute Gasteiger partial charge is 0.410 e. The number of amides is 1. The summed E-state index contributed by atoms with van der Waals surface area (Å²) in [6, 6.07) is 12.4. The summed E-state index contributed by atoms with van der Waals surface area (Å²) in [5.41, 5.74) is 6.70. The number of piperazine rings is 1. The van der Waals surface area contributed by atoms with E-state index in [4.69, 9.17) is 24.4 Å². The van der Waals surface area contributed by atoms with Crippen molar-refractivity contribution in [1.82, 2.24) is 24.8 Å². The third kappa shape index (κ3) is 7.47. The number of carbonyl (C=O) groups is 1. The number of rotatable bonds is 8. The number of benzene rings is 2. The van der Waals surface area contributed by atoms with Crippen molar-refractivity contribution < 1.29 is 18.7 Å². The average molecular weight is 779 g/mol. The van der Waals surface area contributed by atoms with E-state index in [9.17, 15) is 4.79 Å². The zero-order valence-corrected chi connectivity index (χ0v) is 35.9. The van der Waals surface area contributed by atoms with E-state index in [0.717, 1.165) is 48.6 Å². The van der Waals surface area contributed by atoms with E-state index in [-0.39, 0.29) is 41.4 Å². The zero-order valence-electron chi connectivity index (χ0n) is 34.9. The number of halogens is 1. The molecule has 3 aliphatic rings. The molecule has 0 aliphatic carbocycles. The van der Waals surface area contributed by atoms with Gasteiger partial charge >= 0.3 is 12.1 Å². The second-order valence-electron chi connectivity index (χ2n) is 18.1. The molecule has 0 N–H and O–H groups in total. The second kappa shape index (κ2) is 15.6. The maximum absolute atomic E-state index is 17.4. The minimum absolute atomic E-state index is 0.0544. The number of carbonyl (C=O) groups excluding carboxylic acids is 1. The Hall–Kier alpha value is -4.27. The number of aromatic nitrogens is 3. The highest BCUT2D eigenvalue weighted by molar-refractivity contribution is 6.90. The molecule has 5 heterocycles. The van der Waals surface area contributed by atoms with Crippen LogP contribution in [0.2, 0.25) is 16.6 Å². The van der Waals surface area contributed by atoms with Gasteiger partial charge in [0, 0.05) is 41.8 Å². The first kappa shape index (κ1) is 39.9. The number of fused-ring (bicyclic) bond motifs is 4. The van der Waals surface area contributed by atoms with Crippen LogP contribution in [0, 0.1) is 17.3 Å². The van der Waals surface area contributed by atoms with Crippen LogP contribution in [-0.2, 0) is 4.74 Å². The molecule has 2 aromatic carbocycles. The summed E-state index contributed by atoms with van der Waals surface area (Å²) in [4.78, 5) is 34.2. The first-order valence-electron chi connectivity index (χ1n) is 20.6. The number of pyridine rings is 1. The Morgan fingerprint density at radius 2 is 1.62 bits per heavy atom. The van der Waals surface area contributed by atoms with Crippen molar-refractivity contribution in [3.05, 3.63) is 54.0 Å². The van der Waals surface area contributed by atoms with Gasteiger partial charge in [0.15, 0.2) is 5.82 Å². The van der Waals surface area contributed by atoms with Gasteiger partial charge in [0.2, 0.25) is 0 Å². The molecule has 1 amide bonds. The monoisotopic (exact) mass is 778 g/mol. The fraction of sp³-hybridized carbons (Fsp3) is 0.556. The van der Waals surface area contributed by atoms with Crippen LogP contribution in [-0.4, -0.2) is 95.9 Å². The molecule has 56 heavy (non-hydrogen) atoms. The molecule has 11 heteroatoms. The summed E-state index contributed by atoms with van der Waals surface area (Å²) in [6.07, 6.45) is 5.27. The largest absolute Gasteiger partial charge is 0.462 e. The molecule has 2 aromatic heterocycles. The molecule has 298 valence electrons. The summed E-state index contributed by atoms with van der Waals surface area (Å²) < 4.78 is 29.5. The predicted octanol–water partition coefficient (Wildman–Crippen LogP) is 9.61. The predicted molar refractivity (Wildman–Crippen MR) is 226 cm³/mol. The molecular formula is C45H59FN6O3Si. The van der Waals surface area contributed by atoms with E-state index in [1.165, 1.54) is 0 Å². The lowest BCUT2D eigenvalue weighted by Gasteiger charge is -2.42. The molecule has 2 unspecified atom stereocenters. The van der Waals surface area contributed by atoms with E-state index < -0.39 is 19.5 Å². The summed E-state index contributed by atoms with van der Waals surface area (Å²) >= 11 is 0. The Balaban J connectivity index is 1.33. The highest BCUT2D eigenvalue weighted by Gasteiger charge is 2.45. The lowest BCUT2D eigenvalue weighted by atomic mass is 9.96. The Labute approximate surface area is 333 Å². The van der Waals surface area contributed by atoms with Gasteiger partial charge in [-0.05, 0) is 88.1 Å². The van der Waals surface area contributed by atoms with Crippen molar-refractivity contribution in [2.45, 2.75) is 128 Å². The van der Waals surface area contributed by atoms with Gasteiger partial charge in [0.25, 0.3) is 0 Å². The minimum atomic E-state index is -2.04. The van der Waals surface area contributed by atoms with Crippen LogP contribution in [0.4, 0.5) is 15.0 Å². The van der Waals surface area contributed by atoms with E-state index >= 15 is 4.39 Å². The number of nitrogens with zero attached hydrogens (tertiary/aromatic N) is 6. The van der Waals surface area contributed by atoms with Crippen molar-refractivity contribution in [2.24, 2.45) is 0 Å². The fourth-order valence-electron chi connectivity index (χ4n) is 9.82. The number of likely N-dealkylation sites (tertiary alicyclic amines) is 1. The van der Waals surface area contributed by atoms with Gasteiger partial charge < -0.3 is 19.3 Å². The third-order valence-corrected chi connectivity index (χ3v) is 18.8. The molecular weight excluding hydrogens is 720 g/mol. The van der Waals surface area contributed by atoms with E-state index in [1.54, 1.807) is 6.20 Å². The van der Waals surface area contributed by atoms with Crippen LogP contribution < -0.4 is 9.64 Å².